The van der Waals surface area contributed by atoms with E-state index >= 15 is 0 Å². The van der Waals surface area contributed by atoms with Crippen LogP contribution >= 0.6 is 11.3 Å². The number of rotatable bonds is 3. The molecule has 2 heteroatoms. The second kappa shape index (κ2) is 11.4. The van der Waals surface area contributed by atoms with Crippen molar-refractivity contribution in [2.75, 3.05) is 0 Å². The van der Waals surface area contributed by atoms with Crippen molar-refractivity contribution in [2.45, 2.75) is 0 Å². The van der Waals surface area contributed by atoms with E-state index in [1.54, 1.807) is 0 Å². The van der Waals surface area contributed by atoms with Gasteiger partial charge in [-0.25, -0.2) is 0 Å². The van der Waals surface area contributed by atoms with Gasteiger partial charge in [0.2, 0.25) is 0 Å². The van der Waals surface area contributed by atoms with Gasteiger partial charge in [-0.1, -0.05) is 152 Å². The summed E-state index contributed by atoms with van der Waals surface area (Å²) in [6.07, 6.45) is 0. The molecule has 0 saturated carbocycles. The van der Waals surface area contributed by atoms with Crippen LogP contribution in [0.1, 0.15) is 0 Å². The summed E-state index contributed by atoms with van der Waals surface area (Å²) in [6.45, 7) is 0. The lowest BCUT2D eigenvalue weighted by Crippen LogP contribution is -1.92. The van der Waals surface area contributed by atoms with Crippen molar-refractivity contribution in [1.29, 1.82) is 0 Å². The van der Waals surface area contributed by atoms with Crippen LogP contribution in [0, 0.1) is 0 Å². The van der Waals surface area contributed by atoms with E-state index < -0.39 is 0 Å². The molecule has 0 atom stereocenters. The highest BCUT2D eigenvalue weighted by Gasteiger charge is 2.20. The predicted octanol–water partition coefficient (Wildman–Crippen LogP) is 15.6. The van der Waals surface area contributed by atoms with Crippen LogP contribution in [-0.4, -0.2) is 0 Å². The van der Waals surface area contributed by atoms with E-state index in [0.717, 1.165) is 16.6 Å². The molecular weight excluding hydrogens is 673 g/mol. The molecule has 0 spiro atoms. The van der Waals surface area contributed by atoms with Gasteiger partial charge < -0.3 is 4.42 Å². The highest BCUT2D eigenvalue weighted by Crippen LogP contribution is 2.48. The smallest absolute Gasteiger partial charge is 0.136 e. The van der Waals surface area contributed by atoms with Gasteiger partial charge in [-0.2, -0.15) is 0 Å². The number of benzene rings is 10. The van der Waals surface area contributed by atoms with Gasteiger partial charge in [0.05, 0.1) is 0 Å². The first-order valence-electron chi connectivity index (χ1n) is 18.5. The van der Waals surface area contributed by atoms with Crippen molar-refractivity contribution < 1.29 is 4.42 Å². The first-order chi connectivity index (χ1) is 26.8. The zero-order chi connectivity index (χ0) is 35.3. The van der Waals surface area contributed by atoms with Crippen LogP contribution in [0.3, 0.4) is 0 Å². The van der Waals surface area contributed by atoms with Crippen LogP contribution in [0.5, 0.6) is 0 Å². The summed E-state index contributed by atoms with van der Waals surface area (Å²) in [7, 11) is 0. The number of para-hydroxylation sites is 1. The molecule has 1 nitrogen and oxygen atoms in total. The van der Waals surface area contributed by atoms with E-state index in [0.29, 0.717) is 0 Å². The third-order valence-electron chi connectivity index (χ3n) is 11.4. The molecular formula is C52H30OS. The van der Waals surface area contributed by atoms with Crippen LogP contribution in [0.4, 0.5) is 0 Å². The van der Waals surface area contributed by atoms with E-state index in [-0.39, 0.29) is 0 Å². The molecule has 12 rings (SSSR count). The predicted molar refractivity (Wildman–Crippen MR) is 233 cm³/mol. The third-order valence-corrected chi connectivity index (χ3v) is 12.5. The monoisotopic (exact) mass is 702 g/mol. The summed E-state index contributed by atoms with van der Waals surface area (Å²) in [5.41, 5.74) is 9.40. The van der Waals surface area contributed by atoms with Gasteiger partial charge in [0.1, 0.15) is 11.2 Å². The SMILES string of the molecule is c1cc(-c2c3ccccc3c(-c3cccc4ccccc34)c3ccccc23)cc(-c2cc3sc4cc5oc6ccccc6c5cc4c3c3ccccc23)c1. The summed E-state index contributed by atoms with van der Waals surface area (Å²) in [4.78, 5) is 0. The van der Waals surface area contributed by atoms with E-state index in [4.69, 9.17) is 4.42 Å². The zero-order valence-corrected chi connectivity index (χ0v) is 30.0. The Kier molecular flexibility index (Phi) is 6.28. The Morgan fingerprint density at radius 2 is 0.907 bits per heavy atom. The molecule has 250 valence electrons. The normalized spacial score (nSPS) is 12.1. The number of hydrogen-bond donors (Lipinski definition) is 0. The van der Waals surface area contributed by atoms with Gasteiger partial charge in [-0.3, -0.25) is 0 Å². The number of hydrogen-bond acceptors (Lipinski definition) is 2. The van der Waals surface area contributed by atoms with Crippen molar-refractivity contribution in [3.05, 3.63) is 182 Å². The molecule has 0 aliphatic heterocycles. The van der Waals surface area contributed by atoms with Gasteiger partial charge in [-0.05, 0) is 107 Å². The van der Waals surface area contributed by atoms with Crippen LogP contribution in [0.15, 0.2) is 186 Å². The fraction of sp³-hybridized carbons (Fsp3) is 0. The lowest BCUT2D eigenvalue weighted by molar-refractivity contribution is 0.669. The summed E-state index contributed by atoms with van der Waals surface area (Å²) < 4.78 is 8.85. The first-order valence-corrected chi connectivity index (χ1v) is 19.3. The van der Waals surface area contributed by atoms with Gasteiger partial charge in [0.25, 0.3) is 0 Å². The van der Waals surface area contributed by atoms with E-state index in [9.17, 15) is 0 Å². The van der Waals surface area contributed by atoms with Crippen LogP contribution in [0.25, 0.3) is 119 Å². The first kappa shape index (κ1) is 29.8. The number of furan rings is 1. The van der Waals surface area contributed by atoms with Crippen molar-refractivity contribution in [3.8, 4) is 33.4 Å². The average molecular weight is 703 g/mol. The quantitative estimate of drug-likeness (QED) is 0.167. The summed E-state index contributed by atoms with van der Waals surface area (Å²) in [5.74, 6) is 0. The molecule has 0 radical (unpaired) electrons. The Morgan fingerprint density at radius 1 is 0.315 bits per heavy atom. The van der Waals surface area contributed by atoms with E-state index in [2.05, 4.69) is 176 Å². The summed E-state index contributed by atoms with van der Waals surface area (Å²) >= 11 is 1.85. The molecule has 0 aliphatic carbocycles. The summed E-state index contributed by atoms with van der Waals surface area (Å²) in [6, 6.07) is 66.8. The topological polar surface area (TPSA) is 13.1 Å². The second-order valence-electron chi connectivity index (χ2n) is 14.3. The maximum absolute atomic E-state index is 6.31. The minimum atomic E-state index is 0.935. The molecule has 2 aromatic heterocycles. The highest BCUT2D eigenvalue weighted by atomic mass is 32.1. The summed E-state index contributed by atoms with van der Waals surface area (Å²) in [5, 5.41) is 15.1. The fourth-order valence-electron chi connectivity index (χ4n) is 9.11. The molecule has 10 aromatic carbocycles. The molecule has 0 unspecified atom stereocenters. The van der Waals surface area contributed by atoms with Gasteiger partial charge in [-0.15, -0.1) is 11.3 Å². The fourth-order valence-corrected chi connectivity index (χ4v) is 10.3. The Bertz CT molecular complexity index is 3450. The highest BCUT2D eigenvalue weighted by molar-refractivity contribution is 7.26. The Hall–Kier alpha value is -6.74. The molecule has 0 aliphatic rings. The lowest BCUT2D eigenvalue weighted by atomic mass is 9.84. The molecule has 12 aromatic rings. The number of fused-ring (bicyclic) bond motifs is 11. The van der Waals surface area contributed by atoms with E-state index in [1.807, 2.05) is 17.4 Å². The van der Waals surface area contributed by atoms with Gasteiger partial charge >= 0.3 is 0 Å². The third kappa shape index (κ3) is 4.26. The van der Waals surface area contributed by atoms with Crippen LogP contribution in [-0.2, 0) is 0 Å². The second-order valence-corrected chi connectivity index (χ2v) is 15.4. The maximum Gasteiger partial charge on any atom is 0.136 e. The molecule has 0 bridgehead atoms. The number of thiophene rings is 1. The van der Waals surface area contributed by atoms with E-state index in [1.165, 1.54) is 102 Å². The van der Waals surface area contributed by atoms with Crippen molar-refractivity contribution >= 4 is 96.5 Å². The molecule has 0 amide bonds. The maximum atomic E-state index is 6.31. The minimum absolute atomic E-state index is 0.935. The lowest BCUT2D eigenvalue weighted by Gasteiger charge is -2.19. The molecule has 0 saturated heterocycles. The standard InChI is InChI=1S/C52H30OS/c1-2-17-34-31(13-1)14-12-25-37(34)51-41-23-7-5-21-39(41)50(40-22-6-8-24-42(40)51)33-16-11-15-32(27-33)43-29-49-52(38-20-4-3-18-35(38)43)45-28-44-36-19-9-10-26-46(36)53-47(44)30-48(45)54-49/h1-30H. The Balaban J connectivity index is 1.10. The molecule has 0 fully saturated rings. The van der Waals surface area contributed by atoms with Crippen LogP contribution < -0.4 is 0 Å². The van der Waals surface area contributed by atoms with Crippen molar-refractivity contribution in [3.63, 3.8) is 0 Å². The molecule has 2 heterocycles. The van der Waals surface area contributed by atoms with Gasteiger partial charge in [0.15, 0.2) is 0 Å². The largest absolute Gasteiger partial charge is 0.456 e. The molecule has 54 heavy (non-hydrogen) atoms. The zero-order valence-electron chi connectivity index (χ0n) is 29.1. The Morgan fingerprint density at radius 3 is 1.69 bits per heavy atom. The average Bonchev–Trinajstić information content (AvgIpc) is 3.78. The van der Waals surface area contributed by atoms with Crippen LogP contribution in [0.2, 0.25) is 0 Å². The van der Waals surface area contributed by atoms with Crippen molar-refractivity contribution in [2.24, 2.45) is 0 Å². The van der Waals surface area contributed by atoms with Crippen molar-refractivity contribution in [1.82, 2.24) is 0 Å². The molecule has 0 N–H and O–H groups in total. The van der Waals surface area contributed by atoms with Gasteiger partial charge in [0, 0.05) is 30.9 Å². The minimum Gasteiger partial charge on any atom is -0.456 e. The Labute approximate surface area is 314 Å².